The minimum Gasteiger partial charge on any atom is -0.476 e. The van der Waals surface area contributed by atoms with E-state index in [-0.39, 0.29) is 22.9 Å². The lowest BCUT2D eigenvalue weighted by molar-refractivity contribution is 0.0691. The molecule has 4 nitrogen and oxygen atoms in total. The standard InChI is InChI=1S/C19H18Cl3NO3S2/c20-11-5-10(6-12(21)7-11)1-2-14-13(15(22)8-17(14)24)3-4-27-19-23-16(9-28-19)18(25)26/h1-2,5-7,9,13-15,17,24H,3-4,8H2,(H,25,26)/b2-1+/t13-,14-,15-,17-/m1/s1. The Morgan fingerprint density at radius 3 is 2.68 bits per heavy atom. The number of aliphatic hydroxyl groups excluding tert-OH is 1. The van der Waals surface area contributed by atoms with Crippen molar-refractivity contribution < 1.29 is 15.0 Å². The summed E-state index contributed by atoms with van der Waals surface area (Å²) in [6, 6.07) is 5.31. The van der Waals surface area contributed by atoms with Crippen LogP contribution in [0.1, 0.15) is 28.9 Å². The maximum Gasteiger partial charge on any atom is 0.355 e. The largest absolute Gasteiger partial charge is 0.476 e. The number of aromatic nitrogens is 1. The molecule has 2 aromatic rings. The van der Waals surface area contributed by atoms with Crippen LogP contribution in [0.15, 0.2) is 34.0 Å². The summed E-state index contributed by atoms with van der Waals surface area (Å²) >= 11 is 21.4. The van der Waals surface area contributed by atoms with E-state index >= 15 is 0 Å². The van der Waals surface area contributed by atoms with Gasteiger partial charge in [-0.15, -0.1) is 22.9 Å². The average molecular weight is 479 g/mol. The molecule has 0 bridgehead atoms. The first-order valence-corrected chi connectivity index (χ1v) is 11.7. The van der Waals surface area contributed by atoms with Crippen LogP contribution in [0.25, 0.3) is 6.08 Å². The zero-order valence-corrected chi connectivity index (χ0v) is 18.5. The number of carbonyl (C=O) groups is 1. The summed E-state index contributed by atoms with van der Waals surface area (Å²) in [5.41, 5.74) is 0.944. The lowest BCUT2D eigenvalue weighted by Crippen LogP contribution is -2.19. The van der Waals surface area contributed by atoms with Crippen molar-refractivity contribution in [2.45, 2.75) is 28.7 Å². The van der Waals surface area contributed by atoms with Gasteiger partial charge in [0.15, 0.2) is 10.0 Å². The Bertz CT molecular complexity index is 854. The molecule has 2 N–H and O–H groups in total. The number of thioether (sulfide) groups is 1. The van der Waals surface area contributed by atoms with E-state index in [9.17, 15) is 9.90 Å². The number of rotatable bonds is 7. The Kier molecular flexibility index (Phi) is 7.70. The fourth-order valence-electron chi connectivity index (χ4n) is 3.33. The predicted molar refractivity (Wildman–Crippen MR) is 117 cm³/mol. The van der Waals surface area contributed by atoms with Gasteiger partial charge in [-0.1, -0.05) is 47.1 Å². The van der Waals surface area contributed by atoms with Crippen molar-refractivity contribution in [3.8, 4) is 0 Å². The van der Waals surface area contributed by atoms with Gasteiger partial charge in [-0.2, -0.15) is 0 Å². The molecule has 1 aromatic carbocycles. The molecule has 9 heteroatoms. The number of nitrogens with zero attached hydrogens (tertiary/aromatic N) is 1. The number of aromatic carboxylic acids is 1. The number of aliphatic hydroxyl groups is 1. The molecule has 1 aromatic heterocycles. The first-order valence-electron chi connectivity index (χ1n) is 8.61. The van der Waals surface area contributed by atoms with Gasteiger partial charge < -0.3 is 10.2 Å². The molecule has 1 aliphatic carbocycles. The van der Waals surface area contributed by atoms with Gasteiger partial charge in [-0.3, -0.25) is 0 Å². The van der Waals surface area contributed by atoms with Crippen molar-refractivity contribution in [1.82, 2.24) is 4.98 Å². The van der Waals surface area contributed by atoms with Crippen LogP contribution in [0, 0.1) is 11.8 Å². The quantitative estimate of drug-likeness (QED) is 0.380. The third kappa shape index (κ3) is 5.65. The Balaban J connectivity index is 1.62. The van der Waals surface area contributed by atoms with Crippen LogP contribution in [0.4, 0.5) is 0 Å². The second kappa shape index (κ2) is 9.83. The van der Waals surface area contributed by atoms with Gasteiger partial charge in [0.05, 0.1) is 6.10 Å². The zero-order chi connectivity index (χ0) is 20.3. The molecule has 150 valence electrons. The fourth-order valence-corrected chi connectivity index (χ4v) is 6.26. The summed E-state index contributed by atoms with van der Waals surface area (Å²) < 4.78 is 0.725. The third-order valence-corrected chi connectivity index (χ3v) is 7.64. The van der Waals surface area contributed by atoms with Gasteiger partial charge in [0.25, 0.3) is 0 Å². The molecule has 1 aliphatic rings. The highest BCUT2D eigenvalue weighted by molar-refractivity contribution is 8.01. The highest BCUT2D eigenvalue weighted by Gasteiger charge is 2.39. The summed E-state index contributed by atoms with van der Waals surface area (Å²) in [5, 5.41) is 21.9. The van der Waals surface area contributed by atoms with Crippen molar-refractivity contribution in [3.05, 3.63) is 51.0 Å². The highest BCUT2D eigenvalue weighted by atomic mass is 35.5. The second-order valence-electron chi connectivity index (χ2n) is 6.56. The maximum absolute atomic E-state index is 10.9. The summed E-state index contributed by atoms with van der Waals surface area (Å²) in [4.78, 5) is 15.0. The number of halogens is 3. The van der Waals surface area contributed by atoms with Crippen LogP contribution in [0.5, 0.6) is 0 Å². The van der Waals surface area contributed by atoms with Crippen LogP contribution >= 0.6 is 57.9 Å². The number of thiazole rings is 1. The molecule has 4 atom stereocenters. The van der Waals surface area contributed by atoms with Gasteiger partial charge >= 0.3 is 5.97 Å². The first kappa shape index (κ1) is 21.9. The molecule has 0 saturated heterocycles. The van der Waals surface area contributed by atoms with Crippen molar-refractivity contribution >= 4 is 69.9 Å². The molecule has 3 rings (SSSR count). The lowest BCUT2D eigenvalue weighted by Gasteiger charge is -2.20. The van der Waals surface area contributed by atoms with E-state index < -0.39 is 12.1 Å². The summed E-state index contributed by atoms with van der Waals surface area (Å²) in [7, 11) is 0. The van der Waals surface area contributed by atoms with Crippen molar-refractivity contribution in [1.29, 1.82) is 0 Å². The molecule has 0 unspecified atom stereocenters. The normalized spacial score (nSPS) is 24.9. The molecule has 0 radical (unpaired) electrons. The van der Waals surface area contributed by atoms with Gasteiger partial charge in [0, 0.05) is 32.5 Å². The Labute approximate surface area is 186 Å². The van der Waals surface area contributed by atoms with Gasteiger partial charge in [0.2, 0.25) is 0 Å². The number of hydrogen-bond donors (Lipinski definition) is 2. The molecule has 0 spiro atoms. The predicted octanol–water partition coefficient (Wildman–Crippen LogP) is 5.95. The summed E-state index contributed by atoms with van der Waals surface area (Å²) in [5.74, 6) is -0.213. The Hall–Kier alpha value is -0.760. The number of hydrogen-bond acceptors (Lipinski definition) is 5. The summed E-state index contributed by atoms with van der Waals surface area (Å²) in [6.07, 6.45) is 4.74. The van der Waals surface area contributed by atoms with Gasteiger partial charge in [0.1, 0.15) is 0 Å². The number of carboxylic acids is 1. The molecular weight excluding hydrogens is 461 g/mol. The molecule has 0 amide bonds. The Morgan fingerprint density at radius 2 is 2.04 bits per heavy atom. The monoisotopic (exact) mass is 477 g/mol. The zero-order valence-electron chi connectivity index (χ0n) is 14.6. The fraction of sp³-hybridized carbons (Fsp3) is 0.368. The third-order valence-electron chi connectivity index (χ3n) is 4.64. The van der Waals surface area contributed by atoms with Crippen molar-refractivity contribution in [2.24, 2.45) is 11.8 Å². The number of alkyl halides is 1. The van der Waals surface area contributed by atoms with Crippen molar-refractivity contribution in [3.63, 3.8) is 0 Å². The van der Waals surface area contributed by atoms with E-state index in [1.165, 1.54) is 28.5 Å². The van der Waals surface area contributed by atoms with Crippen molar-refractivity contribution in [2.75, 3.05) is 5.75 Å². The van der Waals surface area contributed by atoms with Crippen LogP contribution in [0.3, 0.4) is 0 Å². The molecule has 1 saturated carbocycles. The molecule has 28 heavy (non-hydrogen) atoms. The minimum absolute atomic E-state index is 0.0632. The van der Waals surface area contributed by atoms with E-state index in [0.29, 0.717) is 16.5 Å². The van der Waals surface area contributed by atoms with E-state index in [4.69, 9.17) is 39.9 Å². The van der Waals surface area contributed by atoms with E-state index in [2.05, 4.69) is 4.98 Å². The molecule has 1 heterocycles. The SMILES string of the molecule is O=C(O)c1csc(SCC[C@@H]2[C@@H](/C=C/c3cc(Cl)cc(Cl)c3)[C@H](O)C[C@H]2Cl)n1. The van der Waals surface area contributed by atoms with E-state index in [1.54, 1.807) is 6.07 Å². The second-order valence-corrected chi connectivity index (χ2v) is 10.2. The first-order chi connectivity index (χ1) is 13.3. The molecule has 0 aliphatic heterocycles. The number of benzene rings is 1. The van der Waals surface area contributed by atoms with Crippen LogP contribution in [-0.4, -0.2) is 38.4 Å². The van der Waals surface area contributed by atoms with Gasteiger partial charge in [-0.25, -0.2) is 9.78 Å². The smallest absolute Gasteiger partial charge is 0.355 e. The molecular formula is C19H18Cl3NO3S2. The highest BCUT2D eigenvalue weighted by Crippen LogP contribution is 2.40. The average Bonchev–Trinajstić information content (AvgIpc) is 3.18. The van der Waals surface area contributed by atoms with E-state index in [0.717, 1.165) is 22.1 Å². The summed E-state index contributed by atoms with van der Waals surface area (Å²) in [6.45, 7) is 0. The van der Waals surface area contributed by atoms with Crippen LogP contribution in [-0.2, 0) is 0 Å². The lowest BCUT2D eigenvalue weighted by atomic mass is 9.91. The van der Waals surface area contributed by atoms with E-state index in [1.807, 2.05) is 24.3 Å². The minimum atomic E-state index is -1.02. The van der Waals surface area contributed by atoms with Crippen LogP contribution < -0.4 is 0 Å². The molecule has 1 fully saturated rings. The Morgan fingerprint density at radius 1 is 1.32 bits per heavy atom. The number of carboxylic acid groups (broad SMARTS) is 1. The maximum atomic E-state index is 10.9. The van der Waals surface area contributed by atoms with Crippen LogP contribution in [0.2, 0.25) is 10.0 Å². The van der Waals surface area contributed by atoms with Gasteiger partial charge in [-0.05, 0) is 42.5 Å². The topological polar surface area (TPSA) is 70.4 Å².